The summed E-state index contributed by atoms with van der Waals surface area (Å²) in [5.74, 6) is 0.554. The van der Waals surface area contributed by atoms with Gasteiger partial charge in [0.2, 0.25) is 5.88 Å². The summed E-state index contributed by atoms with van der Waals surface area (Å²) in [6.07, 6.45) is 5.81. The minimum atomic E-state index is -0.470. The average molecular weight is 359 g/mol. The Hall–Kier alpha value is -2.44. The van der Waals surface area contributed by atoms with Crippen LogP contribution in [0, 0.1) is 0 Å². The first-order valence-corrected chi connectivity index (χ1v) is 8.58. The van der Waals surface area contributed by atoms with E-state index in [0.29, 0.717) is 32.3 Å². The van der Waals surface area contributed by atoms with Crippen LogP contribution in [0.5, 0.6) is 5.88 Å². The van der Waals surface area contributed by atoms with Crippen molar-refractivity contribution in [3.63, 3.8) is 0 Å². The van der Waals surface area contributed by atoms with E-state index in [1.807, 2.05) is 43.5 Å². The molecule has 0 saturated heterocycles. The molecule has 0 spiro atoms. The first kappa shape index (κ1) is 19.9. The summed E-state index contributed by atoms with van der Waals surface area (Å²) >= 11 is 0. The summed E-state index contributed by atoms with van der Waals surface area (Å²) in [6.45, 7) is 1.30. The fraction of sp³-hybridized carbons (Fsp3) is 0.350. The largest absolute Gasteiger partial charge is 0.475 e. The number of benzene rings is 1. The average Bonchev–Trinajstić information content (AvgIpc) is 2.69. The van der Waals surface area contributed by atoms with Crippen molar-refractivity contribution in [2.75, 3.05) is 52.1 Å². The van der Waals surface area contributed by atoms with E-state index in [2.05, 4.69) is 22.4 Å². The molecule has 0 radical (unpaired) electrons. The van der Waals surface area contributed by atoms with E-state index < -0.39 is 6.67 Å². The molecule has 26 heavy (non-hydrogen) atoms. The van der Waals surface area contributed by atoms with Crippen molar-refractivity contribution in [2.24, 2.45) is 0 Å². The summed E-state index contributed by atoms with van der Waals surface area (Å²) in [4.78, 5) is 4.27. The Morgan fingerprint density at radius 2 is 1.54 bits per heavy atom. The molecule has 0 saturated carbocycles. The van der Waals surface area contributed by atoms with Crippen LogP contribution in [0.25, 0.3) is 12.2 Å². The molecule has 5 nitrogen and oxygen atoms in total. The van der Waals surface area contributed by atoms with Crippen molar-refractivity contribution in [3.8, 4) is 5.88 Å². The van der Waals surface area contributed by atoms with Crippen molar-refractivity contribution < 1.29 is 18.6 Å². The first-order valence-electron chi connectivity index (χ1n) is 8.58. The number of anilines is 1. The SMILES string of the molecule is CNc1ccc(/C=C/c2ccc(OCCOCCOCC[18F])nc2)cc1. The number of nitrogens with zero attached hydrogens (tertiary/aromatic N) is 1. The summed E-state index contributed by atoms with van der Waals surface area (Å²) in [6, 6.07) is 11.9. The Morgan fingerprint density at radius 1 is 0.885 bits per heavy atom. The molecule has 2 rings (SSSR count). The molecule has 1 aromatic heterocycles. The summed E-state index contributed by atoms with van der Waals surface area (Å²) < 4.78 is 27.6. The second-order valence-corrected chi connectivity index (χ2v) is 5.40. The Morgan fingerprint density at radius 3 is 2.19 bits per heavy atom. The fourth-order valence-electron chi connectivity index (χ4n) is 2.11. The third kappa shape index (κ3) is 7.63. The number of nitrogens with one attached hydrogen (secondary N) is 1. The molecule has 0 aliphatic rings. The molecule has 0 unspecified atom stereocenters. The number of hydrogen-bond donors (Lipinski definition) is 1. The topological polar surface area (TPSA) is 52.6 Å². The van der Waals surface area contributed by atoms with Crippen LogP contribution in [0.2, 0.25) is 0 Å². The van der Waals surface area contributed by atoms with Gasteiger partial charge in [0, 0.05) is 25.0 Å². The molecule has 1 heterocycles. The Balaban J connectivity index is 1.68. The second-order valence-electron chi connectivity index (χ2n) is 5.40. The highest BCUT2D eigenvalue weighted by molar-refractivity contribution is 5.70. The van der Waals surface area contributed by atoms with E-state index in [9.17, 15) is 4.39 Å². The molecule has 0 aliphatic heterocycles. The highest BCUT2D eigenvalue weighted by Gasteiger charge is 1.96. The lowest BCUT2D eigenvalue weighted by Gasteiger charge is -2.06. The van der Waals surface area contributed by atoms with E-state index in [1.165, 1.54) is 0 Å². The molecule has 0 atom stereocenters. The van der Waals surface area contributed by atoms with Crippen LogP contribution in [-0.2, 0) is 9.47 Å². The minimum Gasteiger partial charge on any atom is -0.475 e. The lowest BCUT2D eigenvalue weighted by molar-refractivity contribution is 0.0320. The smallest absolute Gasteiger partial charge is 0.213 e. The van der Waals surface area contributed by atoms with Crippen LogP contribution in [0.4, 0.5) is 10.1 Å². The van der Waals surface area contributed by atoms with Crippen molar-refractivity contribution >= 4 is 17.8 Å². The van der Waals surface area contributed by atoms with Gasteiger partial charge in [-0.25, -0.2) is 9.37 Å². The number of pyridine rings is 1. The van der Waals surface area contributed by atoms with Gasteiger partial charge in [0.15, 0.2) is 0 Å². The van der Waals surface area contributed by atoms with Crippen molar-refractivity contribution in [3.05, 3.63) is 53.7 Å². The monoisotopic (exact) mass is 359 g/mol. The minimum absolute atomic E-state index is 0.117. The van der Waals surface area contributed by atoms with Crippen LogP contribution < -0.4 is 10.1 Å². The highest BCUT2D eigenvalue weighted by Crippen LogP contribution is 2.13. The lowest BCUT2D eigenvalue weighted by Crippen LogP contribution is -2.11. The molecule has 0 aliphatic carbocycles. The number of rotatable bonds is 12. The summed E-state index contributed by atoms with van der Waals surface area (Å²) in [7, 11) is 1.90. The van der Waals surface area contributed by atoms with Crippen LogP contribution in [0.3, 0.4) is 0 Å². The van der Waals surface area contributed by atoms with Gasteiger partial charge in [0.1, 0.15) is 13.3 Å². The second kappa shape index (κ2) is 12.0. The van der Waals surface area contributed by atoms with Gasteiger partial charge in [-0.05, 0) is 29.3 Å². The van der Waals surface area contributed by atoms with Crippen molar-refractivity contribution in [2.45, 2.75) is 0 Å². The molecular weight excluding hydrogens is 334 g/mol. The number of hydrogen-bond acceptors (Lipinski definition) is 5. The standard InChI is InChI=1S/C20H25FN2O3/c1-22-19-7-4-17(5-8-19)2-3-18-6-9-20(23-16-18)26-15-14-25-13-12-24-11-10-21/h2-9,16,22H,10-15H2,1H3/b3-2+/i21-1. The van der Waals surface area contributed by atoms with Gasteiger partial charge in [-0.3, -0.25) is 0 Å². The van der Waals surface area contributed by atoms with Gasteiger partial charge in [0.25, 0.3) is 0 Å². The van der Waals surface area contributed by atoms with E-state index in [4.69, 9.17) is 14.2 Å². The van der Waals surface area contributed by atoms with Crippen LogP contribution in [0.1, 0.15) is 11.1 Å². The van der Waals surface area contributed by atoms with Crippen LogP contribution in [-0.4, -0.2) is 51.7 Å². The molecule has 1 N–H and O–H groups in total. The molecular formula is C20H25FN2O3. The Kier molecular flexibility index (Phi) is 9.18. The zero-order valence-electron chi connectivity index (χ0n) is 15.0. The Bertz CT molecular complexity index is 645. The maximum absolute atomic E-state index is 11.8. The van der Waals surface area contributed by atoms with E-state index in [-0.39, 0.29) is 6.61 Å². The molecule has 6 heteroatoms. The normalized spacial score (nSPS) is 11.0. The molecule has 1 aromatic carbocycles. The van der Waals surface area contributed by atoms with Gasteiger partial charge in [-0.1, -0.05) is 24.3 Å². The zero-order valence-corrected chi connectivity index (χ0v) is 15.0. The van der Waals surface area contributed by atoms with Crippen molar-refractivity contribution in [1.82, 2.24) is 4.98 Å². The van der Waals surface area contributed by atoms with Gasteiger partial charge in [0.05, 0.1) is 26.4 Å². The predicted octanol–water partition coefficient (Wildman–Crippen LogP) is 3.68. The molecule has 0 bridgehead atoms. The number of ether oxygens (including phenoxy) is 3. The number of alkyl halides is 1. The van der Waals surface area contributed by atoms with E-state index >= 15 is 0 Å². The van der Waals surface area contributed by atoms with Gasteiger partial charge >= 0.3 is 0 Å². The molecule has 0 fully saturated rings. The summed E-state index contributed by atoms with van der Waals surface area (Å²) in [5, 5.41) is 3.09. The fourth-order valence-corrected chi connectivity index (χ4v) is 2.11. The van der Waals surface area contributed by atoms with Crippen LogP contribution in [0.15, 0.2) is 42.6 Å². The van der Waals surface area contributed by atoms with Crippen LogP contribution >= 0.6 is 0 Å². The van der Waals surface area contributed by atoms with Crippen molar-refractivity contribution in [1.29, 1.82) is 0 Å². The number of aromatic nitrogens is 1. The van der Waals surface area contributed by atoms with E-state index in [1.54, 1.807) is 6.20 Å². The third-order valence-corrected chi connectivity index (χ3v) is 3.50. The maximum Gasteiger partial charge on any atom is 0.213 e. The zero-order chi connectivity index (χ0) is 18.5. The van der Waals surface area contributed by atoms with E-state index in [0.717, 1.165) is 16.8 Å². The predicted molar refractivity (Wildman–Crippen MR) is 102 cm³/mol. The quantitative estimate of drug-likeness (QED) is 0.586. The Labute approximate surface area is 153 Å². The molecule has 140 valence electrons. The highest BCUT2D eigenvalue weighted by atomic mass is 18.2. The lowest BCUT2D eigenvalue weighted by atomic mass is 10.1. The third-order valence-electron chi connectivity index (χ3n) is 3.50. The number of halogens is 1. The molecule has 0 amide bonds. The first-order chi connectivity index (χ1) is 12.8. The van der Waals surface area contributed by atoms with Gasteiger partial charge in [-0.2, -0.15) is 0 Å². The maximum atomic E-state index is 11.8. The van der Waals surface area contributed by atoms with Gasteiger partial charge < -0.3 is 19.5 Å². The van der Waals surface area contributed by atoms with Gasteiger partial charge in [-0.15, -0.1) is 0 Å². The molecule has 2 aromatic rings. The summed E-state index contributed by atoms with van der Waals surface area (Å²) in [5.41, 5.74) is 3.20.